The second-order valence-corrected chi connectivity index (χ2v) is 6.44. The molecule has 1 unspecified atom stereocenters. The highest BCUT2D eigenvalue weighted by molar-refractivity contribution is 5.91. The van der Waals surface area contributed by atoms with Crippen molar-refractivity contribution in [2.24, 2.45) is 7.05 Å². The topological polar surface area (TPSA) is 93.3 Å². The molecule has 1 aromatic heterocycles. The molecule has 1 aliphatic heterocycles. The van der Waals surface area contributed by atoms with Crippen molar-refractivity contribution in [1.82, 2.24) is 14.7 Å². The Bertz CT molecular complexity index is 830. The number of rotatable bonds is 3. The van der Waals surface area contributed by atoms with E-state index in [1.54, 1.807) is 28.8 Å². The molecular formula is C17H21N5O3. The van der Waals surface area contributed by atoms with E-state index in [4.69, 9.17) is 0 Å². The Morgan fingerprint density at radius 1 is 1.36 bits per heavy atom. The molecule has 132 valence electrons. The number of hydrogen-bond donors (Lipinski definition) is 1. The molecule has 0 bridgehead atoms. The van der Waals surface area contributed by atoms with Crippen molar-refractivity contribution in [3.63, 3.8) is 0 Å². The van der Waals surface area contributed by atoms with Crippen molar-refractivity contribution in [2.45, 2.75) is 32.7 Å². The molecule has 3 rings (SSSR count). The van der Waals surface area contributed by atoms with Gasteiger partial charge in [0.05, 0.1) is 22.8 Å². The van der Waals surface area contributed by atoms with Crippen molar-refractivity contribution in [3.8, 4) is 0 Å². The van der Waals surface area contributed by atoms with E-state index in [9.17, 15) is 14.9 Å². The number of nitrogens with one attached hydrogen (secondary N) is 1. The predicted molar refractivity (Wildman–Crippen MR) is 93.5 cm³/mol. The van der Waals surface area contributed by atoms with Gasteiger partial charge in [0.1, 0.15) is 0 Å². The number of carbonyl (C=O) groups is 1. The molecule has 1 fully saturated rings. The molecule has 0 saturated carbocycles. The highest BCUT2D eigenvalue weighted by Crippen LogP contribution is 2.33. The predicted octanol–water partition coefficient (Wildman–Crippen LogP) is 3.31. The second kappa shape index (κ2) is 6.54. The fraction of sp³-hybridized carbons (Fsp3) is 0.412. The summed E-state index contributed by atoms with van der Waals surface area (Å²) >= 11 is 0. The molecule has 0 spiro atoms. The number of nitro benzene ring substituents is 1. The van der Waals surface area contributed by atoms with Gasteiger partial charge < -0.3 is 10.2 Å². The van der Waals surface area contributed by atoms with Crippen LogP contribution in [0.25, 0.3) is 0 Å². The Morgan fingerprint density at radius 2 is 2.12 bits per heavy atom. The lowest BCUT2D eigenvalue weighted by molar-refractivity contribution is -0.385. The number of likely N-dealkylation sites (tertiary alicyclic amines) is 1. The van der Waals surface area contributed by atoms with E-state index in [1.165, 1.54) is 6.07 Å². The number of hydrogen-bond acceptors (Lipinski definition) is 4. The Hall–Kier alpha value is -2.90. The van der Waals surface area contributed by atoms with Crippen molar-refractivity contribution in [2.75, 3.05) is 11.9 Å². The first-order chi connectivity index (χ1) is 11.9. The van der Waals surface area contributed by atoms with E-state index < -0.39 is 4.92 Å². The van der Waals surface area contributed by atoms with Crippen molar-refractivity contribution >= 4 is 17.4 Å². The van der Waals surface area contributed by atoms with Gasteiger partial charge in [-0.3, -0.25) is 14.8 Å². The van der Waals surface area contributed by atoms with Crippen LogP contribution < -0.4 is 5.32 Å². The van der Waals surface area contributed by atoms with E-state index in [0.717, 1.165) is 24.0 Å². The van der Waals surface area contributed by atoms with Crippen LogP contribution >= 0.6 is 0 Å². The molecule has 8 nitrogen and oxygen atoms in total. The number of amides is 2. The molecule has 1 aliphatic rings. The number of aromatic nitrogens is 2. The fourth-order valence-electron chi connectivity index (χ4n) is 3.33. The van der Waals surface area contributed by atoms with Crippen LogP contribution in [0.2, 0.25) is 0 Å². The van der Waals surface area contributed by atoms with E-state index in [0.29, 0.717) is 17.8 Å². The van der Waals surface area contributed by atoms with E-state index in [-0.39, 0.29) is 17.8 Å². The summed E-state index contributed by atoms with van der Waals surface area (Å²) in [7, 11) is 1.84. The Kier molecular flexibility index (Phi) is 4.43. The SMILES string of the molecule is Cc1cc(C)c([N+](=O)[O-])cc1NC(=O)N1CCCC1c1cnn(C)c1. The third kappa shape index (κ3) is 3.33. The van der Waals surface area contributed by atoms with Crippen molar-refractivity contribution in [3.05, 3.63) is 51.3 Å². The molecule has 1 saturated heterocycles. The lowest BCUT2D eigenvalue weighted by Gasteiger charge is -2.24. The van der Waals surface area contributed by atoms with Crippen LogP contribution in [0.1, 0.15) is 35.6 Å². The van der Waals surface area contributed by atoms with Gasteiger partial charge in [-0.2, -0.15) is 5.10 Å². The Balaban J connectivity index is 1.82. The molecule has 2 heterocycles. The van der Waals surface area contributed by atoms with Crippen LogP contribution in [0, 0.1) is 24.0 Å². The van der Waals surface area contributed by atoms with E-state index >= 15 is 0 Å². The molecule has 2 aromatic rings. The lowest BCUT2D eigenvalue weighted by Crippen LogP contribution is -2.34. The van der Waals surface area contributed by atoms with Crippen molar-refractivity contribution < 1.29 is 9.72 Å². The molecule has 0 aliphatic carbocycles. The second-order valence-electron chi connectivity index (χ2n) is 6.44. The molecule has 2 amide bonds. The normalized spacial score (nSPS) is 16.9. The molecule has 1 N–H and O–H groups in total. The number of carbonyl (C=O) groups excluding carboxylic acids is 1. The van der Waals surface area contributed by atoms with Crippen molar-refractivity contribution in [1.29, 1.82) is 0 Å². The Labute approximate surface area is 145 Å². The zero-order valence-corrected chi connectivity index (χ0v) is 14.5. The summed E-state index contributed by atoms with van der Waals surface area (Å²) in [5.41, 5.74) is 2.86. The van der Waals surface area contributed by atoms with Gasteiger partial charge in [-0.25, -0.2) is 4.79 Å². The van der Waals surface area contributed by atoms with Crippen LogP contribution in [-0.4, -0.2) is 32.2 Å². The van der Waals surface area contributed by atoms with Crippen LogP contribution in [0.5, 0.6) is 0 Å². The molecule has 1 aromatic carbocycles. The largest absolute Gasteiger partial charge is 0.322 e. The number of urea groups is 1. The number of nitro groups is 1. The van der Waals surface area contributed by atoms with E-state index in [2.05, 4.69) is 10.4 Å². The summed E-state index contributed by atoms with van der Waals surface area (Å²) in [5, 5.41) is 18.2. The third-order valence-electron chi connectivity index (χ3n) is 4.60. The average Bonchev–Trinajstić information content (AvgIpc) is 3.17. The Morgan fingerprint density at radius 3 is 2.76 bits per heavy atom. The summed E-state index contributed by atoms with van der Waals surface area (Å²) in [6, 6.07) is 2.88. The first-order valence-electron chi connectivity index (χ1n) is 8.18. The quantitative estimate of drug-likeness (QED) is 0.683. The van der Waals surface area contributed by atoms with Gasteiger partial charge in [0.25, 0.3) is 5.69 Å². The highest BCUT2D eigenvalue weighted by atomic mass is 16.6. The molecule has 25 heavy (non-hydrogen) atoms. The summed E-state index contributed by atoms with van der Waals surface area (Å²) in [6.07, 6.45) is 5.49. The first-order valence-corrected chi connectivity index (χ1v) is 8.18. The molecular weight excluding hydrogens is 322 g/mol. The molecule has 1 atom stereocenters. The smallest absolute Gasteiger partial charge is 0.317 e. The van der Waals surface area contributed by atoms with Gasteiger partial charge >= 0.3 is 6.03 Å². The minimum atomic E-state index is -0.432. The number of nitrogens with zero attached hydrogens (tertiary/aromatic N) is 4. The van der Waals surface area contributed by atoms with Gasteiger partial charge in [-0.15, -0.1) is 0 Å². The lowest BCUT2D eigenvalue weighted by atomic mass is 10.1. The number of benzene rings is 1. The zero-order valence-electron chi connectivity index (χ0n) is 14.5. The zero-order chi connectivity index (χ0) is 18.1. The van der Waals surface area contributed by atoms with Crippen LogP contribution in [0.15, 0.2) is 24.5 Å². The molecule has 8 heteroatoms. The summed E-state index contributed by atoms with van der Waals surface area (Å²) in [5.74, 6) is 0. The first kappa shape index (κ1) is 16.9. The standard InChI is InChI=1S/C17H21N5O3/c1-11-7-12(2)16(22(24)25)8-14(11)19-17(23)21-6-4-5-15(21)13-9-18-20(3)10-13/h7-10,15H,4-6H2,1-3H3,(H,19,23). The highest BCUT2D eigenvalue weighted by Gasteiger charge is 2.31. The summed E-state index contributed by atoms with van der Waals surface area (Å²) in [6.45, 7) is 4.17. The maximum absolute atomic E-state index is 12.7. The van der Waals surface area contributed by atoms with Crippen LogP contribution in [-0.2, 0) is 7.05 Å². The maximum Gasteiger partial charge on any atom is 0.322 e. The monoisotopic (exact) mass is 343 g/mol. The third-order valence-corrected chi connectivity index (χ3v) is 4.60. The number of anilines is 1. The average molecular weight is 343 g/mol. The van der Waals surface area contributed by atoms with Gasteiger partial charge in [0, 0.05) is 37.0 Å². The fourth-order valence-corrected chi connectivity index (χ4v) is 3.33. The number of aryl methyl sites for hydroxylation is 3. The van der Waals surface area contributed by atoms with Gasteiger partial charge in [0.15, 0.2) is 0 Å². The van der Waals surface area contributed by atoms with Gasteiger partial charge in [-0.1, -0.05) is 0 Å². The molecule has 0 radical (unpaired) electrons. The summed E-state index contributed by atoms with van der Waals surface area (Å²) in [4.78, 5) is 25.2. The van der Waals surface area contributed by atoms with Crippen LogP contribution in [0.3, 0.4) is 0 Å². The summed E-state index contributed by atoms with van der Waals surface area (Å²) < 4.78 is 1.72. The van der Waals surface area contributed by atoms with E-state index in [1.807, 2.05) is 20.2 Å². The minimum absolute atomic E-state index is 0.00568. The van der Waals surface area contributed by atoms with Gasteiger partial charge in [0.2, 0.25) is 0 Å². The minimum Gasteiger partial charge on any atom is -0.317 e. The maximum atomic E-state index is 12.7. The van der Waals surface area contributed by atoms with Crippen LogP contribution in [0.4, 0.5) is 16.2 Å². The van der Waals surface area contributed by atoms with Gasteiger partial charge in [-0.05, 0) is 38.3 Å².